The van der Waals surface area contributed by atoms with E-state index in [4.69, 9.17) is 11.6 Å². The van der Waals surface area contributed by atoms with E-state index in [9.17, 15) is 10.1 Å². The lowest BCUT2D eigenvalue weighted by Crippen LogP contribution is -2.08. The molecule has 0 spiro atoms. The van der Waals surface area contributed by atoms with E-state index in [1.807, 2.05) is 7.05 Å². The number of aromatic nitrogens is 2. The fourth-order valence-corrected chi connectivity index (χ4v) is 2.80. The van der Waals surface area contributed by atoms with Crippen molar-refractivity contribution >= 4 is 28.6 Å². The largest absolute Gasteiger partial charge is 0.320 e. The Morgan fingerprint density at radius 1 is 1.45 bits per heavy atom. The van der Waals surface area contributed by atoms with Crippen LogP contribution in [0.4, 0.5) is 5.69 Å². The summed E-state index contributed by atoms with van der Waals surface area (Å²) in [7, 11) is 1.89. The summed E-state index contributed by atoms with van der Waals surface area (Å²) in [4.78, 5) is 10.6. The van der Waals surface area contributed by atoms with Crippen LogP contribution in [0.25, 0.3) is 10.6 Å². The lowest BCUT2D eigenvalue weighted by Gasteiger charge is -1.99. The maximum atomic E-state index is 11.1. The molecule has 0 fully saturated rings. The van der Waals surface area contributed by atoms with Crippen molar-refractivity contribution in [2.24, 2.45) is 0 Å². The molecule has 1 N–H and O–H groups in total. The lowest BCUT2D eigenvalue weighted by molar-refractivity contribution is -0.384. The number of benzene rings is 1. The van der Waals surface area contributed by atoms with E-state index >= 15 is 0 Å². The van der Waals surface area contributed by atoms with Crippen LogP contribution in [-0.2, 0) is 6.42 Å². The highest BCUT2D eigenvalue weighted by Crippen LogP contribution is 2.34. The quantitative estimate of drug-likeness (QED) is 0.504. The highest BCUT2D eigenvalue weighted by Gasteiger charge is 2.19. The van der Waals surface area contributed by atoms with Gasteiger partial charge in [0.05, 0.1) is 10.5 Å². The van der Waals surface area contributed by atoms with Crippen molar-refractivity contribution in [3.8, 4) is 10.6 Å². The van der Waals surface area contributed by atoms with Crippen molar-refractivity contribution in [2.75, 3.05) is 13.6 Å². The first-order chi connectivity index (χ1) is 9.61. The third-order valence-electron chi connectivity index (χ3n) is 2.67. The molecule has 1 aromatic carbocycles. The lowest BCUT2D eigenvalue weighted by atomic mass is 10.2. The van der Waals surface area contributed by atoms with Gasteiger partial charge in [-0.05, 0) is 32.1 Å². The molecule has 0 saturated heterocycles. The van der Waals surface area contributed by atoms with Gasteiger partial charge in [0.25, 0.3) is 5.69 Å². The Balaban J connectivity index is 2.25. The van der Waals surface area contributed by atoms with E-state index < -0.39 is 4.92 Å². The Morgan fingerprint density at radius 3 is 2.95 bits per heavy atom. The third kappa shape index (κ3) is 3.50. The molecule has 2 rings (SSSR count). The summed E-state index contributed by atoms with van der Waals surface area (Å²) < 4.78 is 0. The first-order valence-corrected chi connectivity index (χ1v) is 7.22. The zero-order valence-electron chi connectivity index (χ0n) is 10.8. The van der Waals surface area contributed by atoms with Gasteiger partial charge in [-0.3, -0.25) is 10.1 Å². The van der Waals surface area contributed by atoms with Crippen molar-refractivity contribution in [3.63, 3.8) is 0 Å². The molecule has 106 valence electrons. The van der Waals surface area contributed by atoms with Crippen LogP contribution in [-0.4, -0.2) is 28.7 Å². The number of hydrogen-bond donors (Lipinski definition) is 1. The molecule has 0 bridgehead atoms. The molecule has 1 heterocycles. The minimum atomic E-state index is -0.455. The minimum Gasteiger partial charge on any atom is -0.320 e. The van der Waals surface area contributed by atoms with Crippen LogP contribution in [0.5, 0.6) is 0 Å². The average molecular weight is 313 g/mol. The predicted octanol–water partition coefficient (Wildman–Crippen LogP) is 2.92. The van der Waals surface area contributed by atoms with Gasteiger partial charge in [0.15, 0.2) is 5.01 Å². The summed E-state index contributed by atoms with van der Waals surface area (Å²) in [5.74, 6) is 0. The number of halogens is 1. The molecule has 0 radical (unpaired) electrons. The summed E-state index contributed by atoms with van der Waals surface area (Å²) in [6, 6.07) is 4.56. The number of hydrogen-bond acceptors (Lipinski definition) is 6. The first-order valence-electron chi connectivity index (χ1n) is 6.03. The molecular formula is C12H13ClN4O2S. The van der Waals surface area contributed by atoms with Crippen LogP contribution in [0.3, 0.4) is 0 Å². The van der Waals surface area contributed by atoms with Crippen molar-refractivity contribution in [1.29, 1.82) is 0 Å². The predicted molar refractivity (Wildman–Crippen MR) is 79.3 cm³/mol. The number of nitrogens with one attached hydrogen (secondary N) is 1. The molecule has 1 aromatic heterocycles. The first kappa shape index (κ1) is 14.8. The maximum absolute atomic E-state index is 11.1. The van der Waals surface area contributed by atoms with E-state index in [-0.39, 0.29) is 5.69 Å². The number of aryl methyl sites for hydroxylation is 1. The summed E-state index contributed by atoms with van der Waals surface area (Å²) in [5.41, 5.74) is 0.409. The molecule has 0 aliphatic heterocycles. The Labute approximate surface area is 125 Å². The summed E-state index contributed by atoms with van der Waals surface area (Å²) in [6.45, 7) is 0.899. The Hall–Kier alpha value is -1.57. The molecule has 0 aliphatic rings. The molecule has 6 nitrogen and oxygen atoms in total. The molecule has 2 aromatic rings. The fourth-order valence-electron chi connectivity index (χ4n) is 1.72. The normalized spacial score (nSPS) is 10.7. The van der Waals surface area contributed by atoms with Crippen LogP contribution in [0, 0.1) is 10.1 Å². The van der Waals surface area contributed by atoms with E-state index in [1.165, 1.54) is 17.4 Å². The van der Waals surface area contributed by atoms with Gasteiger partial charge in [-0.15, -0.1) is 10.2 Å². The van der Waals surface area contributed by atoms with Crippen molar-refractivity contribution in [2.45, 2.75) is 12.8 Å². The zero-order valence-corrected chi connectivity index (χ0v) is 12.4. The van der Waals surface area contributed by atoms with Crippen LogP contribution >= 0.6 is 22.9 Å². The average Bonchev–Trinajstić information content (AvgIpc) is 2.87. The smallest absolute Gasteiger partial charge is 0.281 e. The van der Waals surface area contributed by atoms with Crippen molar-refractivity contribution in [3.05, 3.63) is 38.3 Å². The maximum Gasteiger partial charge on any atom is 0.281 e. The summed E-state index contributed by atoms with van der Waals surface area (Å²) in [5, 5.41) is 24.0. The molecule has 0 unspecified atom stereocenters. The van der Waals surface area contributed by atoms with Gasteiger partial charge in [0, 0.05) is 17.5 Å². The third-order valence-corrected chi connectivity index (χ3v) is 3.92. The second-order valence-electron chi connectivity index (χ2n) is 4.13. The Morgan fingerprint density at radius 2 is 2.25 bits per heavy atom. The van der Waals surface area contributed by atoms with Gasteiger partial charge in [-0.1, -0.05) is 22.9 Å². The standard InChI is InChI=1S/C12H13ClN4O2S/c1-14-6-2-3-11-15-16-12(20-11)9-5-4-8(13)7-10(9)17(18)19/h4-5,7,14H,2-3,6H2,1H3. The number of nitrogens with zero attached hydrogens (tertiary/aromatic N) is 3. The van der Waals surface area contributed by atoms with Gasteiger partial charge in [0.2, 0.25) is 0 Å². The SMILES string of the molecule is CNCCCc1nnc(-c2ccc(Cl)cc2[N+](=O)[O-])s1. The molecule has 20 heavy (non-hydrogen) atoms. The highest BCUT2D eigenvalue weighted by atomic mass is 35.5. The van der Waals surface area contributed by atoms with Gasteiger partial charge in [0.1, 0.15) is 5.01 Å². The molecule has 0 aliphatic carbocycles. The monoisotopic (exact) mass is 312 g/mol. The zero-order chi connectivity index (χ0) is 14.5. The second-order valence-corrected chi connectivity index (χ2v) is 5.63. The van der Waals surface area contributed by atoms with Crippen LogP contribution in [0.1, 0.15) is 11.4 Å². The summed E-state index contributed by atoms with van der Waals surface area (Å²) >= 11 is 7.17. The number of nitro groups is 1. The Kier molecular flexibility index (Phi) is 4.99. The van der Waals surface area contributed by atoms with Gasteiger partial charge in [-0.25, -0.2) is 0 Å². The van der Waals surface area contributed by atoms with E-state index in [0.717, 1.165) is 24.4 Å². The topological polar surface area (TPSA) is 81.0 Å². The minimum absolute atomic E-state index is 0.0459. The fraction of sp³-hybridized carbons (Fsp3) is 0.333. The van der Waals surface area contributed by atoms with Crippen molar-refractivity contribution in [1.82, 2.24) is 15.5 Å². The Bertz CT molecular complexity index is 617. The molecular weight excluding hydrogens is 300 g/mol. The van der Waals surface area contributed by atoms with E-state index in [2.05, 4.69) is 15.5 Å². The van der Waals surface area contributed by atoms with Crippen LogP contribution in [0.2, 0.25) is 5.02 Å². The van der Waals surface area contributed by atoms with Crippen LogP contribution in [0.15, 0.2) is 18.2 Å². The molecule has 0 atom stereocenters. The molecule has 8 heteroatoms. The second kappa shape index (κ2) is 6.74. The summed E-state index contributed by atoms with van der Waals surface area (Å²) in [6.07, 6.45) is 1.76. The van der Waals surface area contributed by atoms with Crippen molar-refractivity contribution < 1.29 is 4.92 Å². The molecule has 0 saturated carbocycles. The van der Waals surface area contributed by atoms with Gasteiger partial charge < -0.3 is 5.32 Å². The van der Waals surface area contributed by atoms with E-state index in [1.54, 1.807) is 12.1 Å². The highest BCUT2D eigenvalue weighted by molar-refractivity contribution is 7.14. The number of rotatable bonds is 6. The van der Waals surface area contributed by atoms with Gasteiger partial charge in [-0.2, -0.15) is 0 Å². The number of nitro benzene ring substituents is 1. The molecule has 0 amide bonds. The van der Waals surface area contributed by atoms with Crippen LogP contribution < -0.4 is 5.32 Å². The van der Waals surface area contributed by atoms with E-state index in [0.29, 0.717) is 15.6 Å². The van der Waals surface area contributed by atoms with Gasteiger partial charge >= 0.3 is 0 Å².